The second-order valence-corrected chi connectivity index (χ2v) is 11.2. The molecule has 198 valence electrons. The van der Waals surface area contributed by atoms with Gasteiger partial charge >= 0.3 is 0 Å². The van der Waals surface area contributed by atoms with Crippen LogP contribution >= 0.6 is 11.8 Å². The summed E-state index contributed by atoms with van der Waals surface area (Å²) in [4.78, 5) is 14.0. The molecule has 0 aliphatic heterocycles. The van der Waals surface area contributed by atoms with Gasteiger partial charge in [0.05, 0.1) is 0 Å². The van der Waals surface area contributed by atoms with E-state index in [0.717, 1.165) is 36.1 Å². The Morgan fingerprint density at radius 2 is 1.22 bits per heavy atom. The van der Waals surface area contributed by atoms with E-state index in [1.54, 1.807) is 6.08 Å². The summed E-state index contributed by atoms with van der Waals surface area (Å²) in [5.41, 5.74) is 6.19. The topological polar surface area (TPSA) is 17.1 Å². The van der Waals surface area contributed by atoms with Crippen molar-refractivity contribution in [3.63, 3.8) is 0 Å². The Bertz CT molecular complexity index is 884. The van der Waals surface area contributed by atoms with Crippen LogP contribution < -0.4 is 0 Å². The molecule has 0 unspecified atom stereocenters. The fourth-order valence-electron chi connectivity index (χ4n) is 4.95. The molecule has 0 aliphatic carbocycles. The summed E-state index contributed by atoms with van der Waals surface area (Å²) < 4.78 is 0. The lowest BCUT2D eigenvalue weighted by Gasteiger charge is -2.13. The molecule has 0 radical (unpaired) electrons. The molecule has 2 heteroatoms. The molecule has 36 heavy (non-hydrogen) atoms. The third kappa shape index (κ3) is 11.1. The number of allylic oxidation sites excluding steroid dienone is 1. The van der Waals surface area contributed by atoms with E-state index in [2.05, 4.69) is 52.0 Å². The molecule has 2 rings (SSSR count). The van der Waals surface area contributed by atoms with Crippen LogP contribution in [0.5, 0.6) is 0 Å². The van der Waals surface area contributed by atoms with E-state index in [9.17, 15) is 4.79 Å². The number of ketones is 1. The summed E-state index contributed by atoms with van der Waals surface area (Å²) in [6.07, 6.45) is 22.1. The van der Waals surface area contributed by atoms with Crippen LogP contribution in [0.15, 0.2) is 47.4 Å². The first kappa shape index (κ1) is 30.4. The lowest BCUT2D eigenvalue weighted by molar-refractivity contribution is 0.104. The quantitative estimate of drug-likeness (QED) is 0.0815. The highest BCUT2D eigenvalue weighted by atomic mass is 32.2. The van der Waals surface area contributed by atoms with Crippen molar-refractivity contribution in [3.8, 4) is 0 Å². The predicted molar refractivity (Wildman–Crippen MR) is 162 cm³/mol. The highest BCUT2D eigenvalue weighted by Gasteiger charge is 2.07. The molecule has 0 amide bonds. The first-order valence-corrected chi connectivity index (χ1v) is 15.7. The van der Waals surface area contributed by atoms with Crippen LogP contribution in [-0.2, 0) is 19.3 Å². The number of thioether (sulfide) groups is 1. The Morgan fingerprint density at radius 3 is 1.72 bits per heavy atom. The Kier molecular flexibility index (Phi) is 15.6. The molecule has 2 aromatic rings. The van der Waals surface area contributed by atoms with Gasteiger partial charge in [-0.1, -0.05) is 110 Å². The average Bonchev–Trinajstić information content (AvgIpc) is 2.91. The van der Waals surface area contributed by atoms with Crippen molar-refractivity contribution in [1.29, 1.82) is 0 Å². The van der Waals surface area contributed by atoms with Crippen LogP contribution in [0.1, 0.15) is 131 Å². The molecule has 0 fully saturated rings. The Balaban J connectivity index is 1.70. The predicted octanol–water partition coefficient (Wildman–Crippen LogP) is 10.7. The molecular formula is C34H50OS. The molecule has 1 nitrogen and oxygen atoms in total. The summed E-state index contributed by atoms with van der Waals surface area (Å²) in [5, 5.41) is 0. The molecule has 0 atom stereocenters. The zero-order valence-electron chi connectivity index (χ0n) is 23.5. The number of hydrogen-bond acceptors (Lipinski definition) is 2. The van der Waals surface area contributed by atoms with E-state index >= 15 is 0 Å². The fourth-order valence-corrected chi connectivity index (χ4v) is 5.86. The van der Waals surface area contributed by atoms with Gasteiger partial charge in [-0.15, -0.1) is 11.8 Å². The summed E-state index contributed by atoms with van der Waals surface area (Å²) in [6.45, 7) is 8.93. The summed E-state index contributed by atoms with van der Waals surface area (Å²) >= 11 is 1.91. The third-order valence-corrected chi connectivity index (χ3v) is 8.25. The van der Waals surface area contributed by atoms with Crippen molar-refractivity contribution >= 4 is 23.6 Å². The molecule has 0 heterocycles. The number of aryl methyl sites for hydroxylation is 2. The number of carbonyl (C=O) groups excluding carboxylic acids is 1. The van der Waals surface area contributed by atoms with Crippen molar-refractivity contribution in [2.75, 3.05) is 5.75 Å². The molecule has 0 N–H and O–H groups in total. The Labute approximate surface area is 226 Å². The molecule has 2 aromatic carbocycles. The van der Waals surface area contributed by atoms with Crippen LogP contribution in [-0.4, -0.2) is 11.5 Å². The van der Waals surface area contributed by atoms with Crippen molar-refractivity contribution in [3.05, 3.63) is 70.3 Å². The standard InChI is InChI=1S/C34H50OS/c1-5-9-10-11-12-13-14-15-16-17-18-25-36-32-22-20-31(21-23-32)34(35)24-19-28-26-29(6-2)33(8-4)30(7-3)27-28/h19-24,26-27H,5-18,25H2,1-4H3/b24-19+. The van der Waals surface area contributed by atoms with Crippen molar-refractivity contribution in [1.82, 2.24) is 0 Å². The molecule has 0 aromatic heterocycles. The summed E-state index contributed by atoms with van der Waals surface area (Å²) in [5.74, 6) is 1.24. The van der Waals surface area contributed by atoms with Gasteiger partial charge in [0.25, 0.3) is 0 Å². The highest BCUT2D eigenvalue weighted by molar-refractivity contribution is 7.99. The van der Waals surface area contributed by atoms with Gasteiger partial charge in [-0.25, -0.2) is 0 Å². The van der Waals surface area contributed by atoms with E-state index in [1.807, 2.05) is 30.0 Å². The maximum atomic E-state index is 12.7. The number of unbranched alkanes of at least 4 members (excludes halogenated alkanes) is 10. The van der Waals surface area contributed by atoms with Crippen LogP contribution in [0.3, 0.4) is 0 Å². The van der Waals surface area contributed by atoms with Gasteiger partial charge in [0.15, 0.2) is 5.78 Å². The van der Waals surface area contributed by atoms with Gasteiger partial charge in [0.1, 0.15) is 0 Å². The monoisotopic (exact) mass is 506 g/mol. The maximum absolute atomic E-state index is 12.7. The van der Waals surface area contributed by atoms with Crippen LogP contribution in [0.2, 0.25) is 0 Å². The number of benzene rings is 2. The van der Waals surface area contributed by atoms with E-state index in [-0.39, 0.29) is 5.78 Å². The van der Waals surface area contributed by atoms with Crippen LogP contribution in [0.25, 0.3) is 6.08 Å². The molecule has 0 saturated carbocycles. The minimum Gasteiger partial charge on any atom is -0.289 e. The molecule has 0 spiro atoms. The van der Waals surface area contributed by atoms with E-state index in [0.29, 0.717) is 0 Å². The van der Waals surface area contributed by atoms with Gasteiger partial charge < -0.3 is 0 Å². The van der Waals surface area contributed by atoms with E-state index in [4.69, 9.17) is 0 Å². The first-order valence-electron chi connectivity index (χ1n) is 14.7. The van der Waals surface area contributed by atoms with Gasteiger partial charge in [0.2, 0.25) is 0 Å². The molecule has 0 saturated heterocycles. The van der Waals surface area contributed by atoms with E-state index in [1.165, 1.54) is 92.2 Å². The largest absolute Gasteiger partial charge is 0.289 e. The van der Waals surface area contributed by atoms with Gasteiger partial charge in [-0.2, -0.15) is 0 Å². The minimum absolute atomic E-state index is 0.0765. The smallest absolute Gasteiger partial charge is 0.185 e. The Hall–Kier alpha value is -1.80. The first-order chi connectivity index (χ1) is 17.6. The van der Waals surface area contributed by atoms with Gasteiger partial charge in [0, 0.05) is 10.5 Å². The fraction of sp³-hybridized carbons (Fsp3) is 0.559. The zero-order valence-corrected chi connectivity index (χ0v) is 24.4. The van der Waals surface area contributed by atoms with Crippen LogP contribution in [0, 0.1) is 0 Å². The maximum Gasteiger partial charge on any atom is 0.185 e. The van der Waals surface area contributed by atoms with Crippen molar-refractivity contribution in [2.45, 2.75) is 122 Å². The van der Waals surface area contributed by atoms with Crippen molar-refractivity contribution < 1.29 is 4.79 Å². The highest BCUT2D eigenvalue weighted by Crippen LogP contribution is 2.23. The number of carbonyl (C=O) groups is 1. The molecule has 0 bridgehead atoms. The molecule has 0 aliphatic rings. The lowest BCUT2D eigenvalue weighted by atomic mass is 9.92. The Morgan fingerprint density at radius 1 is 0.694 bits per heavy atom. The minimum atomic E-state index is 0.0765. The lowest BCUT2D eigenvalue weighted by Crippen LogP contribution is -1.99. The second-order valence-electron chi connectivity index (χ2n) is 9.98. The third-order valence-electron chi connectivity index (χ3n) is 7.16. The van der Waals surface area contributed by atoms with Gasteiger partial charge in [-0.3, -0.25) is 4.79 Å². The number of rotatable bonds is 19. The second kappa shape index (κ2) is 18.4. The van der Waals surface area contributed by atoms with E-state index < -0.39 is 0 Å². The average molecular weight is 507 g/mol. The van der Waals surface area contributed by atoms with Crippen LogP contribution in [0.4, 0.5) is 0 Å². The summed E-state index contributed by atoms with van der Waals surface area (Å²) in [7, 11) is 0. The summed E-state index contributed by atoms with van der Waals surface area (Å²) in [6, 6.07) is 12.6. The zero-order chi connectivity index (χ0) is 26.0. The van der Waals surface area contributed by atoms with Crippen molar-refractivity contribution in [2.24, 2.45) is 0 Å². The van der Waals surface area contributed by atoms with Gasteiger partial charge in [-0.05, 0) is 84.0 Å². The number of hydrogen-bond donors (Lipinski definition) is 0. The normalized spacial score (nSPS) is 11.4. The SMILES string of the molecule is CCCCCCCCCCCCCSc1ccc(C(=O)/C=C/c2cc(CC)c(CC)c(CC)c2)cc1. The molecular weight excluding hydrogens is 456 g/mol.